The number of carbonyl (C=O) groups excluding carboxylic acids is 1. The second kappa shape index (κ2) is 5.61. The molecule has 0 saturated carbocycles. The minimum absolute atomic E-state index is 0.105. The molecule has 1 amide bonds. The van der Waals surface area contributed by atoms with Gasteiger partial charge < -0.3 is 20.7 Å². The number of nitrogens with one attached hydrogen (secondary N) is 1. The van der Waals surface area contributed by atoms with E-state index in [-0.39, 0.29) is 11.7 Å². The van der Waals surface area contributed by atoms with Crippen molar-refractivity contribution >= 4 is 28.2 Å². The van der Waals surface area contributed by atoms with Crippen molar-refractivity contribution < 1.29 is 9.53 Å². The highest BCUT2D eigenvalue weighted by Crippen LogP contribution is 2.28. The van der Waals surface area contributed by atoms with Crippen molar-refractivity contribution in [2.45, 2.75) is 6.54 Å². The van der Waals surface area contributed by atoms with Crippen LogP contribution >= 0.6 is 11.3 Å². The lowest BCUT2D eigenvalue weighted by Crippen LogP contribution is -2.32. The van der Waals surface area contributed by atoms with Gasteiger partial charge >= 0.3 is 0 Å². The first-order chi connectivity index (χ1) is 10.2. The van der Waals surface area contributed by atoms with E-state index in [0.29, 0.717) is 29.7 Å². The van der Waals surface area contributed by atoms with E-state index in [2.05, 4.69) is 10.3 Å². The fraction of sp³-hybridized carbons (Fsp3) is 0.286. The average Bonchev–Trinajstić information content (AvgIpc) is 2.75. The van der Waals surface area contributed by atoms with Gasteiger partial charge in [-0.25, -0.2) is 4.98 Å². The predicted molar refractivity (Wildman–Crippen MR) is 82.8 cm³/mol. The summed E-state index contributed by atoms with van der Waals surface area (Å²) in [5, 5.41) is 3.55. The average molecular weight is 304 g/mol. The summed E-state index contributed by atoms with van der Waals surface area (Å²) in [4.78, 5) is 19.0. The Bertz CT molecular complexity index is 671. The zero-order valence-electron chi connectivity index (χ0n) is 11.6. The number of benzene rings is 1. The molecule has 2 heterocycles. The number of para-hydroxylation sites is 1. The van der Waals surface area contributed by atoms with Crippen molar-refractivity contribution in [3.63, 3.8) is 0 Å². The Labute approximate surface area is 126 Å². The number of nitrogens with two attached hydrogens (primary N) is 1. The number of hydrogen-bond donors (Lipinski definition) is 2. The van der Waals surface area contributed by atoms with Crippen molar-refractivity contribution in [1.82, 2.24) is 9.88 Å². The molecule has 0 fully saturated rings. The second-order valence-corrected chi connectivity index (χ2v) is 5.67. The van der Waals surface area contributed by atoms with Gasteiger partial charge in [-0.2, -0.15) is 0 Å². The third-order valence-corrected chi connectivity index (χ3v) is 4.38. The van der Waals surface area contributed by atoms with Crippen LogP contribution in [-0.2, 0) is 6.54 Å². The summed E-state index contributed by atoms with van der Waals surface area (Å²) >= 11 is 1.27. The molecule has 3 rings (SSSR count). The number of fused-ring (bicyclic) bond motifs is 1. The van der Waals surface area contributed by atoms with Crippen LogP contribution in [0.25, 0.3) is 0 Å². The minimum Gasteiger partial charge on any atom is -0.491 e. The molecule has 0 aliphatic carbocycles. The molecule has 0 saturated heterocycles. The summed E-state index contributed by atoms with van der Waals surface area (Å²) in [6.07, 6.45) is 0. The fourth-order valence-electron chi connectivity index (χ4n) is 2.23. The van der Waals surface area contributed by atoms with E-state index in [4.69, 9.17) is 10.5 Å². The third kappa shape index (κ3) is 2.64. The Hall–Kier alpha value is -2.28. The normalized spacial score (nSPS) is 14.0. The van der Waals surface area contributed by atoms with Crippen LogP contribution in [0.2, 0.25) is 0 Å². The number of thiazole rings is 1. The molecule has 7 heteroatoms. The number of ether oxygens (including phenoxy) is 1. The van der Waals surface area contributed by atoms with E-state index in [1.54, 1.807) is 11.9 Å². The molecule has 3 N–H and O–H groups in total. The van der Waals surface area contributed by atoms with E-state index in [1.807, 2.05) is 24.3 Å². The maximum absolute atomic E-state index is 12.6. The smallest absolute Gasteiger partial charge is 0.268 e. The standard InChI is InChI=1S/C14H16N4O2S/c1-16-14-17-12(15)11(21-14)13(19)18-6-7-20-10-5-3-2-4-9(10)8-18/h2-5H,6-8,15H2,1H3,(H,16,17). The summed E-state index contributed by atoms with van der Waals surface area (Å²) < 4.78 is 5.67. The first-order valence-corrected chi connectivity index (χ1v) is 7.44. The van der Waals surface area contributed by atoms with Gasteiger partial charge in [0.2, 0.25) is 0 Å². The maximum Gasteiger partial charge on any atom is 0.268 e. The topological polar surface area (TPSA) is 80.5 Å². The zero-order valence-corrected chi connectivity index (χ0v) is 12.4. The number of hydrogen-bond acceptors (Lipinski definition) is 6. The largest absolute Gasteiger partial charge is 0.491 e. The molecule has 0 atom stereocenters. The van der Waals surface area contributed by atoms with Gasteiger partial charge in [-0.15, -0.1) is 0 Å². The maximum atomic E-state index is 12.6. The van der Waals surface area contributed by atoms with Crippen molar-refractivity contribution in [2.75, 3.05) is 31.2 Å². The van der Waals surface area contributed by atoms with Gasteiger partial charge in [-0.1, -0.05) is 29.5 Å². The highest BCUT2D eigenvalue weighted by atomic mass is 32.1. The Balaban J connectivity index is 1.86. The molecule has 1 aromatic carbocycles. The van der Waals surface area contributed by atoms with Crippen LogP contribution in [0.4, 0.5) is 10.9 Å². The molecular weight excluding hydrogens is 288 g/mol. The summed E-state index contributed by atoms with van der Waals surface area (Å²) in [5.41, 5.74) is 6.84. The lowest BCUT2D eigenvalue weighted by atomic mass is 10.2. The molecule has 0 spiro atoms. The van der Waals surface area contributed by atoms with Crippen molar-refractivity contribution in [2.24, 2.45) is 0 Å². The Morgan fingerprint density at radius 1 is 1.48 bits per heavy atom. The van der Waals surface area contributed by atoms with Crippen LogP contribution in [0, 0.1) is 0 Å². The van der Waals surface area contributed by atoms with Crippen molar-refractivity contribution in [3.05, 3.63) is 34.7 Å². The highest BCUT2D eigenvalue weighted by molar-refractivity contribution is 7.18. The first kappa shape index (κ1) is 13.7. The molecule has 0 bridgehead atoms. The number of aromatic nitrogens is 1. The number of rotatable bonds is 2. The van der Waals surface area contributed by atoms with Crippen LogP contribution in [0.15, 0.2) is 24.3 Å². The van der Waals surface area contributed by atoms with Gasteiger partial charge in [0.25, 0.3) is 5.91 Å². The van der Waals surface area contributed by atoms with E-state index >= 15 is 0 Å². The van der Waals surface area contributed by atoms with E-state index < -0.39 is 0 Å². The Kier molecular flexibility index (Phi) is 3.66. The third-order valence-electron chi connectivity index (χ3n) is 3.30. The second-order valence-electron chi connectivity index (χ2n) is 4.67. The lowest BCUT2D eigenvalue weighted by Gasteiger charge is -2.18. The number of amides is 1. The number of carbonyl (C=O) groups is 1. The molecule has 1 aromatic heterocycles. The summed E-state index contributed by atoms with van der Waals surface area (Å²) in [6, 6.07) is 7.76. The minimum atomic E-state index is -0.105. The SMILES string of the molecule is CNc1nc(N)c(C(=O)N2CCOc3ccccc3C2)s1. The van der Waals surface area contributed by atoms with Crippen LogP contribution < -0.4 is 15.8 Å². The van der Waals surface area contributed by atoms with E-state index in [9.17, 15) is 4.79 Å². The molecule has 0 radical (unpaired) electrons. The quantitative estimate of drug-likeness (QED) is 0.884. The molecule has 21 heavy (non-hydrogen) atoms. The van der Waals surface area contributed by atoms with Gasteiger partial charge in [0.1, 0.15) is 23.1 Å². The highest BCUT2D eigenvalue weighted by Gasteiger charge is 2.24. The van der Waals surface area contributed by atoms with Gasteiger partial charge in [0, 0.05) is 19.2 Å². The van der Waals surface area contributed by atoms with Gasteiger partial charge in [0.05, 0.1) is 6.54 Å². The summed E-state index contributed by atoms with van der Waals surface area (Å²) in [5.74, 6) is 1.00. The Morgan fingerprint density at radius 3 is 3.05 bits per heavy atom. The monoisotopic (exact) mass is 304 g/mol. The molecule has 110 valence electrons. The fourth-order valence-corrected chi connectivity index (χ4v) is 3.04. The predicted octanol–water partition coefficient (Wildman–Crippen LogP) is 1.80. The number of nitrogen functional groups attached to an aromatic ring is 1. The first-order valence-electron chi connectivity index (χ1n) is 6.63. The van der Waals surface area contributed by atoms with E-state index in [0.717, 1.165) is 11.3 Å². The molecule has 1 aliphatic heterocycles. The van der Waals surface area contributed by atoms with Gasteiger partial charge in [-0.3, -0.25) is 4.79 Å². The van der Waals surface area contributed by atoms with Crippen LogP contribution in [0.3, 0.4) is 0 Å². The molecule has 1 aliphatic rings. The Morgan fingerprint density at radius 2 is 2.29 bits per heavy atom. The van der Waals surface area contributed by atoms with Gasteiger partial charge in [0.15, 0.2) is 5.13 Å². The van der Waals surface area contributed by atoms with Crippen LogP contribution in [0.5, 0.6) is 5.75 Å². The molecular formula is C14H16N4O2S. The molecule has 2 aromatic rings. The number of nitrogens with zero attached hydrogens (tertiary/aromatic N) is 2. The van der Waals surface area contributed by atoms with E-state index in [1.165, 1.54) is 11.3 Å². The number of anilines is 2. The molecule has 6 nitrogen and oxygen atoms in total. The van der Waals surface area contributed by atoms with Crippen LogP contribution in [0.1, 0.15) is 15.2 Å². The van der Waals surface area contributed by atoms with Crippen molar-refractivity contribution in [3.8, 4) is 5.75 Å². The van der Waals surface area contributed by atoms with Crippen LogP contribution in [-0.4, -0.2) is 36.0 Å². The van der Waals surface area contributed by atoms with Gasteiger partial charge in [-0.05, 0) is 6.07 Å². The lowest BCUT2D eigenvalue weighted by molar-refractivity contribution is 0.0739. The molecule has 0 unspecified atom stereocenters. The summed E-state index contributed by atoms with van der Waals surface area (Å²) in [6.45, 7) is 1.52. The summed E-state index contributed by atoms with van der Waals surface area (Å²) in [7, 11) is 1.75. The van der Waals surface area contributed by atoms with Crippen molar-refractivity contribution in [1.29, 1.82) is 0 Å². The zero-order chi connectivity index (χ0) is 14.8.